The molecule has 0 saturated carbocycles. The Morgan fingerprint density at radius 3 is 2.63 bits per heavy atom. The second-order valence-electron chi connectivity index (χ2n) is 4.90. The van der Waals surface area contributed by atoms with Crippen LogP contribution in [-0.2, 0) is 12.1 Å². The van der Waals surface area contributed by atoms with Gasteiger partial charge in [0, 0.05) is 0 Å². The molecule has 0 radical (unpaired) electrons. The summed E-state index contributed by atoms with van der Waals surface area (Å²) in [7, 11) is 0. The minimum absolute atomic E-state index is 0.292. The second kappa shape index (κ2) is 5.50. The Morgan fingerprint density at radius 2 is 2.00 bits per heavy atom. The smallest absolute Gasteiger partial charge is 0.111 e. The zero-order valence-electron chi connectivity index (χ0n) is 11.2. The lowest BCUT2D eigenvalue weighted by molar-refractivity contribution is 0.0340. The van der Waals surface area contributed by atoms with Gasteiger partial charge in [0.25, 0.3) is 0 Å². The Balaban J connectivity index is 2.14. The predicted molar refractivity (Wildman–Crippen MR) is 71.3 cm³/mol. The third-order valence-electron chi connectivity index (χ3n) is 3.15. The summed E-state index contributed by atoms with van der Waals surface area (Å²) in [5.41, 5.74) is 0.332. The third kappa shape index (κ3) is 3.19. The van der Waals surface area contributed by atoms with Crippen molar-refractivity contribution in [3.63, 3.8) is 0 Å². The fourth-order valence-electron chi connectivity index (χ4n) is 1.96. The number of nitrogens with zero attached hydrogens (tertiary/aromatic N) is 3. The van der Waals surface area contributed by atoms with Gasteiger partial charge in [-0.3, -0.25) is 0 Å². The molecule has 102 valence electrons. The van der Waals surface area contributed by atoms with Gasteiger partial charge in [0.2, 0.25) is 0 Å². The Hall–Kier alpha value is -1.72. The van der Waals surface area contributed by atoms with Crippen LogP contribution in [0.5, 0.6) is 0 Å². The van der Waals surface area contributed by atoms with Crippen molar-refractivity contribution >= 4 is 0 Å². The highest BCUT2D eigenvalue weighted by atomic mass is 16.3. The van der Waals surface area contributed by atoms with E-state index in [1.54, 1.807) is 17.8 Å². The molecule has 0 amide bonds. The van der Waals surface area contributed by atoms with Crippen LogP contribution >= 0.6 is 0 Å². The molecule has 2 N–H and O–H groups in total. The van der Waals surface area contributed by atoms with Crippen LogP contribution in [0.4, 0.5) is 0 Å². The molecule has 19 heavy (non-hydrogen) atoms. The van der Waals surface area contributed by atoms with Gasteiger partial charge in [-0.1, -0.05) is 42.5 Å². The maximum absolute atomic E-state index is 10.5. The van der Waals surface area contributed by atoms with Crippen molar-refractivity contribution < 1.29 is 10.2 Å². The SMILES string of the molecule is CCC(O)c1cn(CC(C)(O)c2ccccc2)nn1. The molecule has 0 fully saturated rings. The first-order valence-corrected chi connectivity index (χ1v) is 6.39. The Labute approximate surface area is 112 Å². The van der Waals surface area contributed by atoms with E-state index in [9.17, 15) is 10.2 Å². The Kier molecular flexibility index (Phi) is 3.97. The van der Waals surface area contributed by atoms with Gasteiger partial charge in [-0.05, 0) is 18.9 Å². The quantitative estimate of drug-likeness (QED) is 0.858. The third-order valence-corrected chi connectivity index (χ3v) is 3.15. The molecule has 2 rings (SSSR count). The van der Waals surface area contributed by atoms with Gasteiger partial charge in [-0.15, -0.1) is 5.10 Å². The lowest BCUT2D eigenvalue weighted by atomic mass is 9.96. The molecule has 1 heterocycles. The number of aromatic nitrogens is 3. The van der Waals surface area contributed by atoms with E-state index >= 15 is 0 Å². The zero-order chi connectivity index (χ0) is 13.9. The molecular weight excluding hydrogens is 242 g/mol. The number of rotatable bonds is 5. The summed E-state index contributed by atoms with van der Waals surface area (Å²) < 4.78 is 1.56. The summed E-state index contributed by atoms with van der Waals surface area (Å²) in [4.78, 5) is 0. The number of aliphatic hydroxyl groups is 2. The molecule has 2 atom stereocenters. The van der Waals surface area contributed by atoms with Crippen molar-refractivity contribution in [3.05, 3.63) is 47.8 Å². The van der Waals surface area contributed by atoms with Crippen LogP contribution in [0.1, 0.15) is 37.6 Å². The first kappa shape index (κ1) is 13.7. The highest BCUT2D eigenvalue weighted by Crippen LogP contribution is 2.22. The van der Waals surface area contributed by atoms with Crippen LogP contribution < -0.4 is 0 Å². The van der Waals surface area contributed by atoms with Crippen LogP contribution in [-0.4, -0.2) is 25.2 Å². The molecule has 0 bridgehead atoms. The van der Waals surface area contributed by atoms with Gasteiger partial charge in [0.1, 0.15) is 11.3 Å². The van der Waals surface area contributed by atoms with Crippen molar-refractivity contribution in [2.24, 2.45) is 0 Å². The van der Waals surface area contributed by atoms with Crippen molar-refractivity contribution in [2.75, 3.05) is 0 Å². The molecule has 1 aromatic heterocycles. The van der Waals surface area contributed by atoms with Crippen molar-refractivity contribution in [2.45, 2.75) is 38.5 Å². The minimum atomic E-state index is -1.02. The normalized spacial score (nSPS) is 16.0. The average Bonchev–Trinajstić information content (AvgIpc) is 2.86. The number of hydrogen-bond acceptors (Lipinski definition) is 4. The van der Waals surface area contributed by atoms with Crippen molar-refractivity contribution in [1.82, 2.24) is 15.0 Å². The summed E-state index contributed by atoms with van der Waals surface area (Å²) in [5.74, 6) is 0. The van der Waals surface area contributed by atoms with Crippen LogP contribution in [0, 0.1) is 0 Å². The molecule has 5 heteroatoms. The summed E-state index contributed by atoms with van der Waals surface area (Å²) in [5, 5.41) is 28.0. The van der Waals surface area contributed by atoms with E-state index in [0.29, 0.717) is 18.7 Å². The van der Waals surface area contributed by atoms with Gasteiger partial charge >= 0.3 is 0 Å². The van der Waals surface area contributed by atoms with Crippen molar-refractivity contribution in [3.8, 4) is 0 Å². The lowest BCUT2D eigenvalue weighted by Gasteiger charge is -2.23. The van der Waals surface area contributed by atoms with Gasteiger partial charge in [0.05, 0.1) is 18.8 Å². The molecular formula is C14H19N3O2. The first-order valence-electron chi connectivity index (χ1n) is 6.39. The highest BCUT2D eigenvalue weighted by Gasteiger charge is 2.24. The van der Waals surface area contributed by atoms with E-state index in [4.69, 9.17) is 0 Å². The Bertz CT molecular complexity index is 522. The van der Waals surface area contributed by atoms with Crippen LogP contribution in [0.2, 0.25) is 0 Å². The van der Waals surface area contributed by atoms with E-state index < -0.39 is 11.7 Å². The topological polar surface area (TPSA) is 71.2 Å². The molecule has 0 aliphatic heterocycles. The molecule has 0 spiro atoms. The highest BCUT2D eigenvalue weighted by molar-refractivity contribution is 5.21. The first-order chi connectivity index (χ1) is 9.03. The van der Waals surface area contributed by atoms with Crippen LogP contribution in [0.15, 0.2) is 36.5 Å². The van der Waals surface area contributed by atoms with Gasteiger partial charge in [0.15, 0.2) is 0 Å². The van der Waals surface area contributed by atoms with Gasteiger partial charge in [-0.2, -0.15) is 0 Å². The molecule has 2 aromatic rings. The molecule has 5 nitrogen and oxygen atoms in total. The van der Waals surface area contributed by atoms with Gasteiger partial charge < -0.3 is 10.2 Å². The predicted octanol–water partition coefficient (Wildman–Crippen LogP) is 1.63. The minimum Gasteiger partial charge on any atom is -0.387 e. The average molecular weight is 261 g/mol. The molecule has 0 saturated heterocycles. The standard InChI is InChI=1S/C14H19N3O2/c1-3-13(18)12-9-17(16-15-12)10-14(2,19)11-7-5-4-6-8-11/h4-9,13,18-19H,3,10H2,1-2H3. The van der Waals surface area contributed by atoms with E-state index in [1.807, 2.05) is 37.3 Å². The lowest BCUT2D eigenvalue weighted by Crippen LogP contribution is -2.28. The number of aliphatic hydroxyl groups excluding tert-OH is 1. The number of benzene rings is 1. The van der Waals surface area contributed by atoms with Crippen LogP contribution in [0.25, 0.3) is 0 Å². The maximum atomic E-state index is 10.5. The summed E-state index contributed by atoms with van der Waals surface area (Å²) in [6.07, 6.45) is 1.66. The van der Waals surface area contributed by atoms with Crippen LogP contribution in [0.3, 0.4) is 0 Å². The zero-order valence-corrected chi connectivity index (χ0v) is 11.2. The maximum Gasteiger partial charge on any atom is 0.111 e. The summed E-state index contributed by atoms with van der Waals surface area (Å²) in [6.45, 7) is 3.91. The fourth-order valence-corrected chi connectivity index (χ4v) is 1.96. The molecule has 2 unspecified atom stereocenters. The van der Waals surface area contributed by atoms with Gasteiger partial charge in [-0.25, -0.2) is 4.68 Å². The summed E-state index contributed by atoms with van der Waals surface area (Å²) in [6, 6.07) is 9.43. The molecule has 1 aromatic carbocycles. The molecule has 0 aliphatic carbocycles. The van der Waals surface area contributed by atoms with E-state index in [2.05, 4.69) is 10.3 Å². The van der Waals surface area contributed by atoms with E-state index in [0.717, 1.165) is 5.56 Å². The second-order valence-corrected chi connectivity index (χ2v) is 4.90. The Morgan fingerprint density at radius 1 is 1.32 bits per heavy atom. The fraction of sp³-hybridized carbons (Fsp3) is 0.429. The summed E-state index contributed by atoms with van der Waals surface area (Å²) >= 11 is 0. The van der Waals surface area contributed by atoms with Crippen molar-refractivity contribution in [1.29, 1.82) is 0 Å². The van der Waals surface area contributed by atoms with E-state index in [-0.39, 0.29) is 0 Å². The number of hydrogen-bond donors (Lipinski definition) is 2. The molecule has 0 aliphatic rings. The van der Waals surface area contributed by atoms with E-state index in [1.165, 1.54) is 0 Å². The monoisotopic (exact) mass is 261 g/mol. The largest absolute Gasteiger partial charge is 0.387 e.